The molecule has 2 heterocycles. The van der Waals surface area contributed by atoms with Crippen molar-refractivity contribution in [1.82, 2.24) is 4.98 Å². The number of anilines is 1. The Morgan fingerprint density at radius 1 is 1.20 bits per heavy atom. The number of para-hydroxylation sites is 1. The molecule has 74 valence electrons. The Kier molecular flexibility index (Phi) is 1.82. The van der Waals surface area contributed by atoms with Crippen LogP contribution in [0.4, 0.5) is 5.69 Å². The van der Waals surface area contributed by atoms with Gasteiger partial charge in [0, 0.05) is 6.07 Å². The van der Waals surface area contributed by atoms with E-state index in [4.69, 9.17) is 10.5 Å². The van der Waals surface area contributed by atoms with Gasteiger partial charge in [-0.1, -0.05) is 23.9 Å². The number of aromatic nitrogens is 1. The fraction of sp³-hybridized carbons (Fsp3) is 0. The van der Waals surface area contributed by atoms with Crippen LogP contribution in [0, 0.1) is 0 Å². The minimum atomic E-state index is 0.619. The summed E-state index contributed by atoms with van der Waals surface area (Å²) in [6.07, 6.45) is 1.64. The standard InChI is InChI=1S/C11H8N2OS/c12-7-5-9-11(13-6-7)15-10-4-2-1-3-8(10)14-9/h1-6H,12H2. The molecule has 2 aromatic rings. The van der Waals surface area contributed by atoms with Crippen molar-refractivity contribution in [2.24, 2.45) is 0 Å². The molecule has 1 aromatic heterocycles. The van der Waals surface area contributed by atoms with Crippen LogP contribution in [-0.2, 0) is 0 Å². The van der Waals surface area contributed by atoms with Gasteiger partial charge in [0.2, 0.25) is 0 Å². The van der Waals surface area contributed by atoms with E-state index >= 15 is 0 Å². The molecule has 0 unspecified atom stereocenters. The second-order valence-corrected chi connectivity index (χ2v) is 4.25. The number of nitrogens with zero attached hydrogens (tertiary/aromatic N) is 1. The van der Waals surface area contributed by atoms with E-state index in [0.717, 1.165) is 21.4 Å². The first kappa shape index (κ1) is 8.61. The molecule has 3 nitrogen and oxygen atoms in total. The second kappa shape index (κ2) is 3.17. The van der Waals surface area contributed by atoms with E-state index in [-0.39, 0.29) is 0 Å². The molecule has 1 aromatic carbocycles. The number of ether oxygens (including phenoxy) is 1. The number of nitrogens with two attached hydrogens (primary N) is 1. The monoisotopic (exact) mass is 216 g/mol. The summed E-state index contributed by atoms with van der Waals surface area (Å²) in [4.78, 5) is 5.32. The molecule has 0 saturated carbocycles. The van der Waals surface area contributed by atoms with Crippen LogP contribution in [0.1, 0.15) is 0 Å². The molecular formula is C11H8N2OS. The van der Waals surface area contributed by atoms with Gasteiger partial charge >= 0.3 is 0 Å². The second-order valence-electron chi connectivity index (χ2n) is 3.22. The maximum Gasteiger partial charge on any atom is 0.162 e. The van der Waals surface area contributed by atoms with Crippen LogP contribution in [0.3, 0.4) is 0 Å². The molecule has 0 amide bonds. The van der Waals surface area contributed by atoms with Gasteiger partial charge in [0.25, 0.3) is 0 Å². The summed E-state index contributed by atoms with van der Waals surface area (Å²) in [5.74, 6) is 1.60. The summed E-state index contributed by atoms with van der Waals surface area (Å²) >= 11 is 1.60. The SMILES string of the molecule is Nc1cnc2c(c1)Oc1ccccc1S2. The van der Waals surface area contributed by atoms with Gasteiger partial charge in [-0.3, -0.25) is 0 Å². The fourth-order valence-electron chi connectivity index (χ4n) is 1.44. The van der Waals surface area contributed by atoms with Gasteiger partial charge in [-0.05, 0) is 12.1 Å². The summed E-state index contributed by atoms with van der Waals surface area (Å²) in [7, 11) is 0. The maximum absolute atomic E-state index is 5.69. The topological polar surface area (TPSA) is 48.1 Å². The lowest BCUT2D eigenvalue weighted by Gasteiger charge is -2.18. The van der Waals surface area contributed by atoms with Crippen molar-refractivity contribution in [3.8, 4) is 11.5 Å². The number of nitrogen functional groups attached to an aromatic ring is 1. The van der Waals surface area contributed by atoms with Crippen LogP contribution in [0.5, 0.6) is 11.5 Å². The van der Waals surface area contributed by atoms with E-state index in [1.54, 1.807) is 24.0 Å². The van der Waals surface area contributed by atoms with Gasteiger partial charge in [0.15, 0.2) is 5.75 Å². The van der Waals surface area contributed by atoms with Crippen molar-refractivity contribution in [2.45, 2.75) is 9.92 Å². The molecule has 1 aliphatic heterocycles. The van der Waals surface area contributed by atoms with Crippen LogP contribution >= 0.6 is 11.8 Å². The zero-order chi connectivity index (χ0) is 10.3. The Morgan fingerprint density at radius 2 is 2.07 bits per heavy atom. The lowest BCUT2D eigenvalue weighted by molar-refractivity contribution is 0.449. The Morgan fingerprint density at radius 3 is 3.00 bits per heavy atom. The number of hydrogen-bond donors (Lipinski definition) is 1. The number of hydrogen-bond acceptors (Lipinski definition) is 4. The van der Waals surface area contributed by atoms with Crippen LogP contribution in [0.25, 0.3) is 0 Å². The molecule has 15 heavy (non-hydrogen) atoms. The summed E-state index contributed by atoms with van der Waals surface area (Å²) in [6, 6.07) is 9.68. The Hall–Kier alpha value is -1.68. The fourth-order valence-corrected chi connectivity index (χ4v) is 2.31. The largest absolute Gasteiger partial charge is 0.453 e. The van der Waals surface area contributed by atoms with Crippen LogP contribution in [0.15, 0.2) is 46.5 Å². The van der Waals surface area contributed by atoms with Crippen LogP contribution < -0.4 is 10.5 Å². The third-order valence-corrected chi connectivity index (χ3v) is 3.17. The first-order valence-electron chi connectivity index (χ1n) is 4.53. The van der Waals surface area contributed by atoms with E-state index in [1.807, 2.05) is 24.3 Å². The highest BCUT2D eigenvalue weighted by molar-refractivity contribution is 7.99. The normalized spacial score (nSPS) is 12.5. The highest BCUT2D eigenvalue weighted by atomic mass is 32.2. The third-order valence-electron chi connectivity index (χ3n) is 2.12. The minimum Gasteiger partial charge on any atom is -0.453 e. The van der Waals surface area contributed by atoms with Crippen molar-refractivity contribution < 1.29 is 4.74 Å². The highest BCUT2D eigenvalue weighted by Gasteiger charge is 2.18. The van der Waals surface area contributed by atoms with Gasteiger partial charge in [-0.15, -0.1) is 0 Å². The van der Waals surface area contributed by atoms with Crippen molar-refractivity contribution >= 4 is 17.4 Å². The van der Waals surface area contributed by atoms with Crippen LogP contribution in [-0.4, -0.2) is 4.98 Å². The van der Waals surface area contributed by atoms with Crippen molar-refractivity contribution in [1.29, 1.82) is 0 Å². The number of benzene rings is 1. The molecule has 1 aliphatic rings. The van der Waals surface area contributed by atoms with Gasteiger partial charge in [0.05, 0.1) is 16.8 Å². The average molecular weight is 216 g/mol. The quantitative estimate of drug-likeness (QED) is 0.627. The molecular weight excluding hydrogens is 208 g/mol. The van der Waals surface area contributed by atoms with Crippen molar-refractivity contribution in [3.05, 3.63) is 36.5 Å². The summed E-state index contributed by atoms with van der Waals surface area (Å²) < 4.78 is 5.69. The summed E-state index contributed by atoms with van der Waals surface area (Å²) in [5.41, 5.74) is 6.27. The number of fused-ring (bicyclic) bond motifs is 2. The molecule has 0 fully saturated rings. The minimum absolute atomic E-state index is 0.619. The third kappa shape index (κ3) is 1.43. The zero-order valence-corrected chi connectivity index (χ0v) is 8.62. The predicted molar refractivity (Wildman–Crippen MR) is 59.3 cm³/mol. The average Bonchev–Trinajstić information content (AvgIpc) is 2.26. The van der Waals surface area contributed by atoms with E-state index < -0.39 is 0 Å². The number of rotatable bonds is 0. The smallest absolute Gasteiger partial charge is 0.162 e. The molecule has 4 heteroatoms. The number of pyridine rings is 1. The van der Waals surface area contributed by atoms with Crippen LogP contribution in [0.2, 0.25) is 0 Å². The highest BCUT2D eigenvalue weighted by Crippen LogP contribution is 2.45. The predicted octanol–water partition coefficient (Wildman–Crippen LogP) is 2.92. The Balaban J connectivity index is 2.11. The molecule has 0 saturated heterocycles. The van der Waals surface area contributed by atoms with Crippen molar-refractivity contribution in [3.63, 3.8) is 0 Å². The molecule has 2 N–H and O–H groups in total. The zero-order valence-electron chi connectivity index (χ0n) is 7.81. The molecule has 0 spiro atoms. The molecule has 0 atom stereocenters. The molecule has 0 radical (unpaired) electrons. The molecule has 3 rings (SSSR count). The Labute approximate surface area is 91.3 Å². The van der Waals surface area contributed by atoms with Gasteiger partial charge in [-0.2, -0.15) is 0 Å². The van der Waals surface area contributed by atoms with Gasteiger partial charge < -0.3 is 10.5 Å². The van der Waals surface area contributed by atoms with E-state index in [0.29, 0.717) is 5.69 Å². The maximum atomic E-state index is 5.69. The van der Waals surface area contributed by atoms with E-state index in [9.17, 15) is 0 Å². The molecule has 0 aliphatic carbocycles. The van der Waals surface area contributed by atoms with Crippen molar-refractivity contribution in [2.75, 3.05) is 5.73 Å². The Bertz CT molecular complexity index is 528. The van der Waals surface area contributed by atoms with Gasteiger partial charge in [0.1, 0.15) is 10.8 Å². The molecule has 0 bridgehead atoms. The summed E-state index contributed by atoms with van der Waals surface area (Å²) in [5, 5.41) is 0.864. The first-order valence-corrected chi connectivity index (χ1v) is 5.35. The first-order chi connectivity index (χ1) is 7.33. The lowest BCUT2D eigenvalue weighted by Crippen LogP contribution is -1.98. The van der Waals surface area contributed by atoms with Gasteiger partial charge in [-0.25, -0.2) is 4.98 Å². The van der Waals surface area contributed by atoms with E-state index in [1.165, 1.54) is 0 Å². The summed E-state index contributed by atoms with van der Waals surface area (Å²) in [6.45, 7) is 0. The lowest BCUT2D eigenvalue weighted by atomic mass is 10.3. The van der Waals surface area contributed by atoms with E-state index in [2.05, 4.69) is 4.98 Å².